The molecule has 0 fully saturated rings. The maximum atomic E-state index is 12.0. The van der Waals surface area contributed by atoms with Gasteiger partial charge >= 0.3 is 0 Å². The van der Waals surface area contributed by atoms with Crippen LogP contribution in [0.3, 0.4) is 0 Å². The highest BCUT2D eigenvalue weighted by Crippen LogP contribution is 2.19. The quantitative estimate of drug-likeness (QED) is 0.871. The maximum Gasteiger partial charge on any atom is 0.256 e. The van der Waals surface area contributed by atoms with Crippen LogP contribution in [-0.2, 0) is 0 Å². The molecule has 2 aromatic rings. The van der Waals surface area contributed by atoms with Gasteiger partial charge in [-0.3, -0.25) is 4.79 Å². The molecule has 0 aliphatic rings. The van der Waals surface area contributed by atoms with Crippen LogP contribution in [0.15, 0.2) is 47.1 Å². The van der Waals surface area contributed by atoms with Crippen molar-refractivity contribution in [2.75, 3.05) is 5.88 Å². The largest absolute Gasteiger partial charge is 0.452 e. The summed E-state index contributed by atoms with van der Waals surface area (Å²) in [6.07, 6.45) is 1.37. The summed E-state index contributed by atoms with van der Waals surface area (Å²) in [5.74, 6) is -0.0196. The standard InChI is InChI=1S/C13H11Cl2NO2/c14-8-11(9-4-2-1-3-5-9)16-13(17)10-6-7-18-12(10)15/h1-7,11H,8H2,(H,16,17). The minimum atomic E-state index is -0.303. The van der Waals surface area contributed by atoms with Gasteiger partial charge in [-0.1, -0.05) is 30.3 Å². The molecule has 0 saturated carbocycles. The third-order valence-electron chi connectivity index (χ3n) is 2.52. The van der Waals surface area contributed by atoms with Crippen LogP contribution in [-0.4, -0.2) is 11.8 Å². The number of halogens is 2. The predicted octanol–water partition coefficient (Wildman–Crippen LogP) is 3.64. The van der Waals surface area contributed by atoms with Gasteiger partial charge in [-0.25, -0.2) is 0 Å². The molecule has 1 aromatic carbocycles. The highest BCUT2D eigenvalue weighted by Gasteiger charge is 2.18. The second-order valence-corrected chi connectivity index (χ2v) is 4.35. The minimum Gasteiger partial charge on any atom is -0.452 e. The molecule has 18 heavy (non-hydrogen) atoms. The number of nitrogens with one attached hydrogen (secondary N) is 1. The van der Waals surface area contributed by atoms with Crippen molar-refractivity contribution >= 4 is 29.1 Å². The Balaban J connectivity index is 2.13. The summed E-state index contributed by atoms with van der Waals surface area (Å²) in [5.41, 5.74) is 1.25. The normalized spacial score (nSPS) is 12.1. The SMILES string of the molecule is O=C(NC(CCl)c1ccccc1)c1ccoc1Cl. The molecule has 1 unspecified atom stereocenters. The van der Waals surface area contributed by atoms with Gasteiger partial charge in [0.05, 0.1) is 17.9 Å². The summed E-state index contributed by atoms with van der Waals surface area (Å²) in [6.45, 7) is 0. The van der Waals surface area contributed by atoms with Crippen molar-refractivity contribution in [1.29, 1.82) is 0 Å². The summed E-state index contributed by atoms with van der Waals surface area (Å²) in [6, 6.07) is 10.8. The van der Waals surface area contributed by atoms with E-state index in [2.05, 4.69) is 5.32 Å². The van der Waals surface area contributed by atoms with E-state index in [1.807, 2.05) is 30.3 Å². The van der Waals surface area contributed by atoms with E-state index in [1.165, 1.54) is 12.3 Å². The zero-order valence-corrected chi connectivity index (χ0v) is 10.9. The van der Waals surface area contributed by atoms with Crippen molar-refractivity contribution in [3.63, 3.8) is 0 Å². The lowest BCUT2D eigenvalue weighted by Crippen LogP contribution is -2.29. The van der Waals surface area contributed by atoms with E-state index in [-0.39, 0.29) is 23.0 Å². The van der Waals surface area contributed by atoms with Gasteiger partial charge in [0.1, 0.15) is 0 Å². The van der Waals surface area contributed by atoms with Gasteiger partial charge < -0.3 is 9.73 Å². The maximum absolute atomic E-state index is 12.0. The monoisotopic (exact) mass is 283 g/mol. The Morgan fingerprint density at radius 3 is 2.56 bits per heavy atom. The second-order valence-electron chi connectivity index (χ2n) is 3.70. The number of rotatable bonds is 4. The summed E-state index contributed by atoms with van der Waals surface area (Å²) >= 11 is 11.6. The lowest BCUT2D eigenvalue weighted by atomic mass is 10.1. The number of amides is 1. The number of carbonyl (C=O) groups is 1. The first-order chi connectivity index (χ1) is 8.72. The van der Waals surface area contributed by atoms with E-state index >= 15 is 0 Å². The molecule has 0 aliphatic heterocycles. The molecule has 0 bridgehead atoms. The average Bonchev–Trinajstić information content (AvgIpc) is 2.83. The number of benzene rings is 1. The Labute approximate surface area is 115 Å². The van der Waals surface area contributed by atoms with Crippen molar-refractivity contribution in [2.24, 2.45) is 0 Å². The Morgan fingerprint density at radius 2 is 2.00 bits per heavy atom. The highest BCUT2D eigenvalue weighted by atomic mass is 35.5. The molecule has 1 N–H and O–H groups in total. The summed E-state index contributed by atoms with van der Waals surface area (Å²) in [7, 11) is 0. The Kier molecular flexibility index (Phi) is 4.28. The summed E-state index contributed by atoms with van der Waals surface area (Å²) in [5, 5.41) is 2.89. The van der Waals surface area contributed by atoms with Crippen molar-refractivity contribution in [3.05, 3.63) is 59.0 Å². The minimum absolute atomic E-state index is 0.0777. The van der Waals surface area contributed by atoms with Crippen molar-refractivity contribution in [1.82, 2.24) is 5.32 Å². The van der Waals surface area contributed by atoms with E-state index in [0.29, 0.717) is 5.56 Å². The molecule has 0 radical (unpaired) electrons. The van der Waals surface area contributed by atoms with E-state index in [9.17, 15) is 4.79 Å². The van der Waals surface area contributed by atoms with Crippen LogP contribution in [0.25, 0.3) is 0 Å². The smallest absolute Gasteiger partial charge is 0.256 e. The van der Waals surface area contributed by atoms with Crippen molar-refractivity contribution in [2.45, 2.75) is 6.04 Å². The zero-order chi connectivity index (χ0) is 13.0. The van der Waals surface area contributed by atoms with E-state index in [4.69, 9.17) is 27.6 Å². The van der Waals surface area contributed by atoms with Crippen LogP contribution in [0.1, 0.15) is 22.0 Å². The first kappa shape index (κ1) is 13.0. The highest BCUT2D eigenvalue weighted by molar-refractivity contribution is 6.32. The van der Waals surface area contributed by atoms with Crippen LogP contribution in [0, 0.1) is 0 Å². The fourth-order valence-corrected chi connectivity index (χ4v) is 2.04. The summed E-state index contributed by atoms with van der Waals surface area (Å²) < 4.78 is 4.88. The van der Waals surface area contributed by atoms with Crippen LogP contribution in [0.4, 0.5) is 0 Å². The fraction of sp³-hybridized carbons (Fsp3) is 0.154. The number of carbonyl (C=O) groups excluding carboxylic acids is 1. The van der Waals surface area contributed by atoms with Crippen molar-refractivity contribution < 1.29 is 9.21 Å². The molecule has 1 amide bonds. The first-order valence-electron chi connectivity index (χ1n) is 5.37. The zero-order valence-electron chi connectivity index (χ0n) is 9.40. The van der Waals surface area contributed by atoms with Crippen LogP contribution >= 0.6 is 23.2 Å². The Morgan fingerprint density at radius 1 is 1.28 bits per heavy atom. The van der Waals surface area contributed by atoms with Gasteiger partial charge in [0, 0.05) is 5.88 Å². The first-order valence-corrected chi connectivity index (χ1v) is 6.28. The molecule has 0 saturated heterocycles. The molecular formula is C13H11Cl2NO2. The lowest BCUT2D eigenvalue weighted by Gasteiger charge is -2.15. The van der Waals surface area contributed by atoms with Gasteiger partial charge in [-0.05, 0) is 23.2 Å². The molecule has 0 spiro atoms. The predicted molar refractivity (Wildman–Crippen MR) is 71.1 cm³/mol. The molecule has 0 aliphatic carbocycles. The van der Waals surface area contributed by atoms with E-state index < -0.39 is 0 Å². The van der Waals surface area contributed by atoms with E-state index in [0.717, 1.165) is 5.56 Å². The van der Waals surface area contributed by atoms with Gasteiger partial charge in [-0.15, -0.1) is 11.6 Å². The average molecular weight is 284 g/mol. The third kappa shape index (κ3) is 2.86. The molecule has 1 aromatic heterocycles. The van der Waals surface area contributed by atoms with Gasteiger partial charge in [0.25, 0.3) is 5.91 Å². The Hall–Kier alpha value is -1.45. The molecule has 1 heterocycles. The molecular weight excluding hydrogens is 273 g/mol. The number of hydrogen-bond acceptors (Lipinski definition) is 2. The van der Waals surface area contributed by atoms with Crippen LogP contribution < -0.4 is 5.32 Å². The van der Waals surface area contributed by atoms with Gasteiger partial charge in [-0.2, -0.15) is 0 Å². The second kappa shape index (κ2) is 5.94. The number of furan rings is 1. The molecule has 3 nitrogen and oxygen atoms in total. The van der Waals surface area contributed by atoms with E-state index in [1.54, 1.807) is 0 Å². The van der Waals surface area contributed by atoms with Gasteiger partial charge in [0.2, 0.25) is 5.22 Å². The Bertz CT molecular complexity index is 525. The van der Waals surface area contributed by atoms with Crippen LogP contribution in [0.5, 0.6) is 0 Å². The molecule has 94 valence electrons. The fourth-order valence-electron chi connectivity index (χ4n) is 1.59. The number of alkyl halides is 1. The number of hydrogen-bond donors (Lipinski definition) is 1. The lowest BCUT2D eigenvalue weighted by molar-refractivity contribution is 0.0940. The molecule has 5 heteroatoms. The molecule has 2 rings (SSSR count). The van der Waals surface area contributed by atoms with Gasteiger partial charge in [0.15, 0.2) is 0 Å². The van der Waals surface area contributed by atoms with Crippen molar-refractivity contribution in [3.8, 4) is 0 Å². The molecule has 1 atom stereocenters. The third-order valence-corrected chi connectivity index (χ3v) is 3.13. The summed E-state index contributed by atoms with van der Waals surface area (Å²) in [4.78, 5) is 12.0. The van der Waals surface area contributed by atoms with Crippen LogP contribution in [0.2, 0.25) is 5.22 Å². The topological polar surface area (TPSA) is 42.2 Å².